The van der Waals surface area contributed by atoms with E-state index in [-0.39, 0.29) is 0 Å². The number of hydrogen-bond acceptors (Lipinski definition) is 2. The van der Waals surface area contributed by atoms with Crippen molar-refractivity contribution >= 4 is 0 Å². The molecule has 1 atom stereocenters. The van der Waals surface area contributed by atoms with Crippen molar-refractivity contribution in [3.05, 3.63) is 25.1 Å². The Morgan fingerprint density at radius 1 is 1.64 bits per heavy atom. The van der Waals surface area contributed by atoms with E-state index in [1.165, 1.54) is 25.7 Å². The van der Waals surface area contributed by atoms with Crippen LogP contribution in [0.5, 0.6) is 0 Å². The third-order valence-electron chi connectivity index (χ3n) is 3.04. The summed E-state index contributed by atoms with van der Waals surface area (Å²) in [5, 5.41) is 3.31. The van der Waals surface area contributed by atoms with Crippen molar-refractivity contribution in [1.82, 2.24) is 10.2 Å². The average Bonchev–Trinajstić information content (AvgIpc) is 3.01. The maximum absolute atomic E-state index is 4.09. The summed E-state index contributed by atoms with van der Waals surface area (Å²) in [4.78, 5) is 1.99. The second-order valence-electron chi connectivity index (χ2n) is 4.15. The van der Waals surface area contributed by atoms with Gasteiger partial charge in [-0.2, -0.15) is 0 Å². The highest BCUT2D eigenvalue weighted by molar-refractivity contribution is 5.06. The number of nitrogens with zero attached hydrogens (tertiary/aromatic N) is 1. The van der Waals surface area contributed by atoms with Crippen LogP contribution in [0.25, 0.3) is 0 Å². The van der Waals surface area contributed by atoms with E-state index in [1.54, 1.807) is 0 Å². The molecule has 0 radical (unpaired) electrons. The lowest BCUT2D eigenvalue weighted by atomic mass is 10.1. The third kappa shape index (κ3) is 3.18. The van der Waals surface area contributed by atoms with Gasteiger partial charge in [0.25, 0.3) is 0 Å². The maximum atomic E-state index is 4.09. The Morgan fingerprint density at radius 2 is 2.29 bits per heavy atom. The first-order valence-electron chi connectivity index (χ1n) is 5.40. The molecule has 0 aromatic heterocycles. The van der Waals surface area contributed by atoms with Gasteiger partial charge in [-0.15, -0.1) is 0 Å². The van der Waals surface area contributed by atoms with E-state index in [1.807, 2.05) is 25.2 Å². The molecule has 0 saturated heterocycles. The Bertz CT molecular complexity index is 206. The molecule has 1 N–H and O–H groups in total. The van der Waals surface area contributed by atoms with Gasteiger partial charge < -0.3 is 10.2 Å². The lowest BCUT2D eigenvalue weighted by molar-refractivity contribution is 0.439. The molecule has 0 spiro atoms. The van der Waals surface area contributed by atoms with Crippen molar-refractivity contribution in [2.24, 2.45) is 5.92 Å². The SMILES string of the molecule is C=CN(C)C(=C)C(CCC1CC1)NC. The summed E-state index contributed by atoms with van der Waals surface area (Å²) in [7, 11) is 4.00. The normalized spacial score (nSPS) is 17.6. The first-order chi connectivity index (χ1) is 6.69. The molecule has 1 rings (SSSR count). The van der Waals surface area contributed by atoms with Crippen molar-refractivity contribution in [1.29, 1.82) is 0 Å². The second-order valence-corrected chi connectivity index (χ2v) is 4.15. The Morgan fingerprint density at radius 3 is 2.71 bits per heavy atom. The molecule has 1 aliphatic carbocycles. The van der Waals surface area contributed by atoms with Crippen LogP contribution in [-0.4, -0.2) is 25.0 Å². The Labute approximate surface area is 87.7 Å². The van der Waals surface area contributed by atoms with Gasteiger partial charge >= 0.3 is 0 Å². The highest BCUT2D eigenvalue weighted by Gasteiger charge is 2.23. The fraction of sp³-hybridized carbons (Fsp3) is 0.667. The summed E-state index contributed by atoms with van der Waals surface area (Å²) in [5.41, 5.74) is 1.11. The largest absolute Gasteiger partial charge is 0.354 e. The predicted molar refractivity (Wildman–Crippen MR) is 61.9 cm³/mol. The van der Waals surface area contributed by atoms with Crippen LogP contribution in [0.1, 0.15) is 25.7 Å². The number of likely N-dealkylation sites (N-methyl/N-ethyl adjacent to an activating group) is 2. The van der Waals surface area contributed by atoms with Gasteiger partial charge in [0, 0.05) is 18.8 Å². The second kappa shape index (κ2) is 5.20. The van der Waals surface area contributed by atoms with Crippen molar-refractivity contribution < 1.29 is 0 Å². The minimum absolute atomic E-state index is 0.401. The van der Waals surface area contributed by atoms with Crippen LogP contribution in [0.15, 0.2) is 25.1 Å². The Hall–Kier alpha value is -0.760. The number of rotatable bonds is 7. The van der Waals surface area contributed by atoms with Crippen LogP contribution >= 0.6 is 0 Å². The molecule has 1 saturated carbocycles. The molecule has 1 aliphatic rings. The van der Waals surface area contributed by atoms with Gasteiger partial charge in [-0.05, 0) is 32.0 Å². The standard InChI is InChI=1S/C12H22N2/c1-5-14(4)10(2)12(13-3)9-8-11-6-7-11/h5,11-13H,1-2,6-9H2,3-4H3. The topological polar surface area (TPSA) is 15.3 Å². The lowest BCUT2D eigenvalue weighted by Gasteiger charge is -2.25. The van der Waals surface area contributed by atoms with Crippen molar-refractivity contribution in [3.63, 3.8) is 0 Å². The van der Waals surface area contributed by atoms with E-state index in [0.29, 0.717) is 6.04 Å². The Balaban J connectivity index is 2.34. The van der Waals surface area contributed by atoms with Crippen LogP contribution in [0.3, 0.4) is 0 Å². The molecule has 0 amide bonds. The predicted octanol–water partition coefficient (Wildman–Crippen LogP) is 2.35. The van der Waals surface area contributed by atoms with Gasteiger partial charge in [0.05, 0.1) is 0 Å². The zero-order valence-corrected chi connectivity index (χ0v) is 9.42. The fourth-order valence-corrected chi connectivity index (χ4v) is 1.65. The van der Waals surface area contributed by atoms with Crippen LogP contribution < -0.4 is 5.32 Å². The molecular formula is C12H22N2. The van der Waals surface area contributed by atoms with Crippen molar-refractivity contribution in [2.45, 2.75) is 31.7 Å². The third-order valence-corrected chi connectivity index (χ3v) is 3.04. The molecule has 80 valence electrons. The first kappa shape index (κ1) is 11.3. The smallest absolute Gasteiger partial charge is 0.0466 e. The molecule has 0 aromatic rings. The van der Waals surface area contributed by atoms with Gasteiger partial charge in [-0.25, -0.2) is 0 Å². The molecule has 1 unspecified atom stereocenters. The summed E-state index contributed by atoms with van der Waals surface area (Å²) in [6, 6.07) is 0.401. The van der Waals surface area contributed by atoms with Gasteiger partial charge in [-0.1, -0.05) is 26.0 Å². The molecule has 0 heterocycles. The van der Waals surface area contributed by atoms with Gasteiger partial charge in [0.2, 0.25) is 0 Å². The molecule has 0 bridgehead atoms. The van der Waals surface area contributed by atoms with Crippen LogP contribution in [0, 0.1) is 5.92 Å². The number of hydrogen-bond donors (Lipinski definition) is 1. The summed E-state index contributed by atoms with van der Waals surface area (Å²) in [5.74, 6) is 0.993. The molecule has 2 nitrogen and oxygen atoms in total. The van der Waals surface area contributed by atoms with Gasteiger partial charge in [0.1, 0.15) is 0 Å². The van der Waals surface area contributed by atoms with Crippen molar-refractivity contribution in [2.75, 3.05) is 14.1 Å². The van der Waals surface area contributed by atoms with E-state index >= 15 is 0 Å². The van der Waals surface area contributed by atoms with E-state index in [2.05, 4.69) is 18.5 Å². The molecule has 1 fully saturated rings. The van der Waals surface area contributed by atoms with Crippen LogP contribution in [0.4, 0.5) is 0 Å². The molecule has 0 aromatic carbocycles. The summed E-state index contributed by atoms with van der Waals surface area (Å²) >= 11 is 0. The number of nitrogens with one attached hydrogen (secondary N) is 1. The van der Waals surface area contributed by atoms with E-state index < -0.39 is 0 Å². The van der Waals surface area contributed by atoms with E-state index in [9.17, 15) is 0 Å². The summed E-state index contributed by atoms with van der Waals surface area (Å²) in [6.07, 6.45) is 7.19. The van der Waals surface area contributed by atoms with Gasteiger partial charge in [0.15, 0.2) is 0 Å². The van der Waals surface area contributed by atoms with E-state index in [4.69, 9.17) is 0 Å². The highest BCUT2D eigenvalue weighted by Crippen LogP contribution is 2.34. The Kier molecular flexibility index (Phi) is 4.21. The van der Waals surface area contributed by atoms with Crippen LogP contribution in [-0.2, 0) is 0 Å². The minimum Gasteiger partial charge on any atom is -0.354 e. The lowest BCUT2D eigenvalue weighted by Crippen LogP contribution is -2.32. The van der Waals surface area contributed by atoms with E-state index in [0.717, 1.165) is 11.6 Å². The van der Waals surface area contributed by atoms with Crippen LogP contribution in [0.2, 0.25) is 0 Å². The molecule has 2 heteroatoms. The van der Waals surface area contributed by atoms with Crippen molar-refractivity contribution in [3.8, 4) is 0 Å². The summed E-state index contributed by atoms with van der Waals surface area (Å²) < 4.78 is 0. The zero-order valence-electron chi connectivity index (χ0n) is 9.42. The quantitative estimate of drug-likeness (QED) is 0.669. The van der Waals surface area contributed by atoms with Gasteiger partial charge in [-0.3, -0.25) is 0 Å². The molecular weight excluding hydrogens is 172 g/mol. The maximum Gasteiger partial charge on any atom is 0.0466 e. The highest BCUT2D eigenvalue weighted by atomic mass is 15.1. The summed E-state index contributed by atoms with van der Waals surface area (Å²) in [6.45, 7) is 7.83. The molecule has 0 aliphatic heterocycles. The fourth-order valence-electron chi connectivity index (χ4n) is 1.65. The average molecular weight is 194 g/mol. The monoisotopic (exact) mass is 194 g/mol. The minimum atomic E-state index is 0.401. The molecule has 14 heavy (non-hydrogen) atoms. The first-order valence-corrected chi connectivity index (χ1v) is 5.40. The zero-order chi connectivity index (χ0) is 10.6.